The Labute approximate surface area is 225 Å². The monoisotopic (exact) mass is 491 g/mol. The van der Waals surface area contributed by atoms with Crippen molar-refractivity contribution in [2.24, 2.45) is 10.9 Å². The van der Waals surface area contributed by atoms with Crippen molar-refractivity contribution >= 4 is 6.08 Å². The summed E-state index contributed by atoms with van der Waals surface area (Å²) < 4.78 is 0. The Morgan fingerprint density at radius 2 is 1.08 bits per heavy atom. The smallest absolute Gasteiger partial charge is 0.0725 e. The molecule has 1 heterocycles. The van der Waals surface area contributed by atoms with Crippen molar-refractivity contribution in [1.29, 1.82) is 0 Å². The summed E-state index contributed by atoms with van der Waals surface area (Å²) >= 11 is 0. The van der Waals surface area contributed by atoms with E-state index in [1.165, 1.54) is 49.7 Å². The molecule has 1 aliphatic heterocycles. The lowest BCUT2D eigenvalue weighted by atomic mass is 9.89. The van der Waals surface area contributed by atoms with Crippen LogP contribution < -0.4 is 10.6 Å². The van der Waals surface area contributed by atoms with Crippen molar-refractivity contribution in [1.82, 2.24) is 0 Å². The molecule has 0 radical (unpaired) electrons. The minimum Gasteiger partial charge on any atom is -0.280 e. The van der Waals surface area contributed by atoms with Gasteiger partial charge in [-0.15, -0.1) is 0 Å². The Hall–Kier alpha value is -4.23. The van der Waals surface area contributed by atoms with E-state index in [1.54, 1.807) is 0 Å². The van der Waals surface area contributed by atoms with Gasteiger partial charge < -0.3 is 0 Å². The van der Waals surface area contributed by atoms with Crippen LogP contribution in [-0.4, -0.2) is 6.04 Å². The second kappa shape index (κ2) is 10.6. The molecule has 0 fully saturated rings. The third-order valence-corrected chi connectivity index (χ3v) is 7.84. The second-order valence-electron chi connectivity index (χ2n) is 10.3. The van der Waals surface area contributed by atoms with Crippen molar-refractivity contribution in [3.63, 3.8) is 0 Å². The molecule has 2 unspecified atom stereocenters. The molecule has 0 saturated heterocycles. The van der Waals surface area contributed by atoms with E-state index in [1.807, 2.05) is 0 Å². The van der Waals surface area contributed by atoms with E-state index in [4.69, 9.17) is 4.99 Å². The Bertz CT molecular complexity index is 1680. The van der Waals surface area contributed by atoms with Crippen LogP contribution in [-0.2, 0) is 0 Å². The molecule has 0 N–H and O–H groups in total. The first-order valence-electron chi connectivity index (χ1n) is 13.7. The molecule has 186 valence electrons. The summed E-state index contributed by atoms with van der Waals surface area (Å²) in [6.45, 7) is 4.60. The lowest BCUT2D eigenvalue weighted by Gasteiger charge is -2.17. The number of hydrogen-bond acceptors (Lipinski definition) is 1. The molecule has 0 aromatic heterocycles. The summed E-state index contributed by atoms with van der Waals surface area (Å²) in [4.78, 5) is 5.43. The highest BCUT2D eigenvalue weighted by molar-refractivity contribution is 5.88. The van der Waals surface area contributed by atoms with E-state index in [2.05, 4.69) is 141 Å². The Morgan fingerprint density at radius 3 is 1.66 bits per heavy atom. The summed E-state index contributed by atoms with van der Waals surface area (Å²) in [5.41, 5.74) is 9.87. The van der Waals surface area contributed by atoms with Crippen LogP contribution in [0.15, 0.2) is 126 Å². The first kappa shape index (κ1) is 24.1. The summed E-state index contributed by atoms with van der Waals surface area (Å²) in [5, 5.41) is 2.37. The predicted molar refractivity (Wildman–Crippen MR) is 161 cm³/mol. The van der Waals surface area contributed by atoms with Crippen LogP contribution in [0.3, 0.4) is 0 Å². The Kier molecular flexibility index (Phi) is 6.75. The molecule has 0 spiro atoms. The third-order valence-electron chi connectivity index (χ3n) is 7.84. The van der Waals surface area contributed by atoms with Gasteiger partial charge in [-0.25, -0.2) is 0 Å². The van der Waals surface area contributed by atoms with Crippen molar-refractivity contribution in [3.05, 3.63) is 132 Å². The topological polar surface area (TPSA) is 12.4 Å². The van der Waals surface area contributed by atoms with Gasteiger partial charge in [0, 0.05) is 5.56 Å². The lowest BCUT2D eigenvalue weighted by molar-refractivity contribution is 0.455. The fourth-order valence-electron chi connectivity index (χ4n) is 5.77. The molecule has 1 aliphatic rings. The van der Waals surface area contributed by atoms with Crippen LogP contribution in [0, 0.1) is 5.92 Å². The summed E-state index contributed by atoms with van der Waals surface area (Å²) in [7, 11) is 0. The Balaban J connectivity index is 1.67. The molecule has 5 aromatic rings. The number of fused-ring (bicyclic) bond motifs is 1. The van der Waals surface area contributed by atoms with Gasteiger partial charge in [-0.2, -0.15) is 0 Å². The minimum absolute atomic E-state index is 0.317. The molecular formula is C37H33N. The SMILES string of the molecule is CCC1N=c2c(-c3ccccc3-c3ccccc3)cc(-c3ccccc3-c3ccccc3)cc2=CCC1C. The van der Waals surface area contributed by atoms with Crippen LogP contribution in [0.5, 0.6) is 0 Å². The van der Waals surface area contributed by atoms with Gasteiger partial charge in [0.25, 0.3) is 0 Å². The second-order valence-corrected chi connectivity index (χ2v) is 10.3. The minimum atomic E-state index is 0.317. The van der Waals surface area contributed by atoms with E-state index in [0.29, 0.717) is 12.0 Å². The van der Waals surface area contributed by atoms with Gasteiger partial charge in [-0.3, -0.25) is 4.99 Å². The third kappa shape index (κ3) is 4.61. The van der Waals surface area contributed by atoms with Gasteiger partial charge >= 0.3 is 0 Å². The normalized spacial score (nSPS) is 16.6. The zero-order valence-corrected chi connectivity index (χ0v) is 22.1. The maximum atomic E-state index is 5.43. The molecule has 0 saturated carbocycles. The van der Waals surface area contributed by atoms with Gasteiger partial charge in [-0.05, 0) is 75.1 Å². The zero-order valence-electron chi connectivity index (χ0n) is 22.1. The van der Waals surface area contributed by atoms with Gasteiger partial charge in [0.15, 0.2) is 0 Å². The first-order chi connectivity index (χ1) is 18.7. The largest absolute Gasteiger partial charge is 0.280 e. The van der Waals surface area contributed by atoms with Crippen molar-refractivity contribution in [2.75, 3.05) is 0 Å². The van der Waals surface area contributed by atoms with Crippen LogP contribution in [0.2, 0.25) is 0 Å². The number of nitrogens with zero attached hydrogens (tertiary/aromatic N) is 1. The van der Waals surface area contributed by atoms with E-state index < -0.39 is 0 Å². The fraction of sp³-hybridized carbons (Fsp3) is 0.162. The van der Waals surface area contributed by atoms with Gasteiger partial charge in [0.05, 0.1) is 11.4 Å². The van der Waals surface area contributed by atoms with Crippen molar-refractivity contribution in [2.45, 2.75) is 32.7 Å². The van der Waals surface area contributed by atoms with E-state index in [9.17, 15) is 0 Å². The summed E-state index contributed by atoms with van der Waals surface area (Å²) in [5.74, 6) is 0.518. The molecule has 1 nitrogen and oxygen atoms in total. The van der Waals surface area contributed by atoms with Crippen molar-refractivity contribution in [3.8, 4) is 44.5 Å². The molecule has 1 heteroatoms. The van der Waals surface area contributed by atoms with E-state index >= 15 is 0 Å². The highest BCUT2D eigenvalue weighted by Gasteiger charge is 2.19. The standard InChI is InChI=1S/C37H33N/c1-3-36-26(2)22-23-29-24-30(33-20-11-10-18-31(33)27-14-6-4-7-15-27)25-35(37(29)38-36)34-21-13-12-19-32(34)28-16-8-5-9-17-28/h4-21,23-26,36H,3,22H2,1-2H3. The van der Waals surface area contributed by atoms with Crippen molar-refractivity contribution < 1.29 is 0 Å². The molecule has 0 aliphatic carbocycles. The molecular weight excluding hydrogens is 458 g/mol. The van der Waals surface area contributed by atoms with E-state index in [0.717, 1.165) is 18.2 Å². The number of hydrogen-bond donors (Lipinski definition) is 0. The van der Waals surface area contributed by atoms with Crippen LogP contribution in [0.1, 0.15) is 26.7 Å². The fourth-order valence-corrected chi connectivity index (χ4v) is 5.77. The van der Waals surface area contributed by atoms with Gasteiger partial charge in [0.2, 0.25) is 0 Å². The average Bonchev–Trinajstić information content (AvgIpc) is 3.16. The van der Waals surface area contributed by atoms with Crippen LogP contribution in [0.4, 0.5) is 0 Å². The maximum Gasteiger partial charge on any atom is 0.0725 e. The number of rotatable bonds is 5. The summed E-state index contributed by atoms with van der Waals surface area (Å²) in [6.07, 6.45) is 4.51. The van der Waals surface area contributed by atoms with Crippen LogP contribution in [0.25, 0.3) is 50.6 Å². The lowest BCUT2D eigenvalue weighted by Crippen LogP contribution is -2.29. The first-order valence-corrected chi connectivity index (χ1v) is 13.7. The average molecular weight is 492 g/mol. The van der Waals surface area contributed by atoms with Gasteiger partial charge in [-0.1, -0.05) is 129 Å². The highest BCUT2D eigenvalue weighted by Crippen LogP contribution is 2.35. The zero-order chi connectivity index (χ0) is 25.9. The highest BCUT2D eigenvalue weighted by atomic mass is 14.8. The van der Waals surface area contributed by atoms with Gasteiger partial charge in [0.1, 0.15) is 0 Å². The molecule has 6 rings (SSSR count). The number of benzene rings is 5. The molecule has 0 amide bonds. The van der Waals surface area contributed by atoms with Crippen LogP contribution >= 0.6 is 0 Å². The molecule has 38 heavy (non-hydrogen) atoms. The predicted octanol–water partition coefficient (Wildman–Crippen LogP) is 8.57. The molecule has 5 aromatic carbocycles. The molecule has 0 bridgehead atoms. The maximum absolute atomic E-state index is 5.43. The van der Waals surface area contributed by atoms with E-state index in [-0.39, 0.29) is 0 Å². The Morgan fingerprint density at radius 1 is 0.579 bits per heavy atom. The summed E-state index contributed by atoms with van der Waals surface area (Å²) in [6, 6.07) is 44.0. The quantitative estimate of drug-likeness (QED) is 0.233. The molecule has 2 atom stereocenters.